The number of para-hydroxylation sites is 2. The number of ether oxygens (including phenoxy) is 3. The second kappa shape index (κ2) is 15.9. The Morgan fingerprint density at radius 2 is 1.78 bits per heavy atom. The molecule has 6 rings (SSSR count). The van der Waals surface area contributed by atoms with Crippen molar-refractivity contribution in [3.05, 3.63) is 109 Å². The third kappa shape index (κ3) is 7.95. The molecule has 1 aliphatic rings. The van der Waals surface area contributed by atoms with Gasteiger partial charge in [-0.25, -0.2) is 9.67 Å². The smallest absolute Gasteiger partial charge is 0.257 e. The summed E-state index contributed by atoms with van der Waals surface area (Å²) in [6, 6.07) is 21.5. The predicted molar refractivity (Wildman–Crippen MR) is 185 cm³/mol. The Kier molecular flexibility index (Phi) is 10.7. The molecular weight excluding hydrogens is 638 g/mol. The fourth-order valence-electron chi connectivity index (χ4n) is 5.83. The minimum Gasteiger partial charge on any atom is -0.494 e. The molecule has 0 unspecified atom stereocenters. The Morgan fingerprint density at radius 1 is 0.980 bits per heavy atom. The summed E-state index contributed by atoms with van der Waals surface area (Å²) in [7, 11) is 3.13. The number of imidazole rings is 1. The van der Waals surface area contributed by atoms with Crippen LogP contribution in [0.25, 0.3) is 17.1 Å². The van der Waals surface area contributed by atoms with E-state index in [9.17, 15) is 14.4 Å². The van der Waals surface area contributed by atoms with Gasteiger partial charge in [0.2, 0.25) is 11.8 Å². The van der Waals surface area contributed by atoms with E-state index in [0.717, 1.165) is 11.1 Å². The number of hydrogen-bond donors (Lipinski definition) is 2. The maximum Gasteiger partial charge on any atom is 0.257 e. The summed E-state index contributed by atoms with van der Waals surface area (Å²) in [5, 5.41) is 10.3. The molecule has 2 N–H and O–H groups in total. The van der Waals surface area contributed by atoms with Crippen LogP contribution >= 0.6 is 0 Å². The highest BCUT2D eigenvalue weighted by Gasteiger charge is 2.26. The number of methoxy groups -OCH3 is 2. The number of fused-ring (bicyclic) bond motifs is 4. The van der Waals surface area contributed by atoms with Crippen LogP contribution in [-0.2, 0) is 22.6 Å². The second-order valence-electron chi connectivity index (χ2n) is 11.7. The van der Waals surface area contributed by atoms with Gasteiger partial charge in [0, 0.05) is 50.2 Å². The lowest BCUT2D eigenvalue weighted by Crippen LogP contribution is -2.51. The Bertz CT molecular complexity index is 1940. The van der Waals surface area contributed by atoms with Crippen LogP contribution in [0.2, 0.25) is 0 Å². The van der Waals surface area contributed by atoms with E-state index >= 15 is 0 Å². The highest BCUT2D eigenvalue weighted by atomic mass is 16.5. The summed E-state index contributed by atoms with van der Waals surface area (Å²) in [5.41, 5.74) is 2.65. The molecule has 0 aliphatic carbocycles. The summed E-state index contributed by atoms with van der Waals surface area (Å²) in [6.45, 7) is 0.880. The first kappa shape index (κ1) is 33.8. The fraction of sp³-hybridized carbons (Fsp3) is 0.270. The molecule has 0 radical (unpaired) electrons. The van der Waals surface area contributed by atoms with Gasteiger partial charge in [0.15, 0.2) is 11.5 Å². The molecule has 0 saturated carbocycles. The zero-order valence-corrected chi connectivity index (χ0v) is 28.0. The van der Waals surface area contributed by atoms with Gasteiger partial charge in [0.05, 0.1) is 39.1 Å². The maximum absolute atomic E-state index is 14.0. The summed E-state index contributed by atoms with van der Waals surface area (Å²) in [5.74, 6) is 1.16. The van der Waals surface area contributed by atoms with Crippen molar-refractivity contribution in [2.45, 2.75) is 25.4 Å². The SMILES string of the molecule is COc1ccc2cc1OCCCN(C(=O)c1cnn(-c3ccccc3OC)c1)CC(=O)N[C@@H](Cc1ccccc1)C(=O)NCCn1ccnc1-2. The quantitative estimate of drug-likeness (QED) is 0.278. The lowest BCUT2D eigenvalue weighted by Gasteiger charge is -2.24. The van der Waals surface area contributed by atoms with Gasteiger partial charge in [-0.05, 0) is 42.3 Å². The van der Waals surface area contributed by atoms with E-state index in [1.54, 1.807) is 37.4 Å². The van der Waals surface area contributed by atoms with E-state index in [0.29, 0.717) is 48.3 Å². The van der Waals surface area contributed by atoms with E-state index in [1.807, 2.05) is 77.5 Å². The maximum atomic E-state index is 14.0. The largest absolute Gasteiger partial charge is 0.494 e. The van der Waals surface area contributed by atoms with Crippen molar-refractivity contribution >= 4 is 17.7 Å². The summed E-state index contributed by atoms with van der Waals surface area (Å²) < 4.78 is 20.7. The Hall–Kier alpha value is -6.11. The number of benzene rings is 3. The Labute approximate surface area is 289 Å². The standard InChI is InChI=1S/C37H39N7O6/c1-48-31-12-7-6-11-30(31)44-24-28(23-40-44)37(47)43-17-8-20-50-33-22-27(13-14-32(33)49-2)35-38-15-18-42(35)19-16-39-36(46)29(41-34(45)25-43)21-26-9-4-3-5-10-26/h3-7,9-15,18,22-24,29H,8,16-17,19-21,25H2,1-2H3,(H,39,46)(H,41,45)/t29-/m0/s1. The van der Waals surface area contributed by atoms with Crippen LogP contribution in [0.15, 0.2) is 97.6 Å². The van der Waals surface area contributed by atoms with Gasteiger partial charge in [0.25, 0.3) is 5.91 Å². The van der Waals surface area contributed by atoms with E-state index in [-0.39, 0.29) is 37.6 Å². The normalized spacial score (nSPS) is 15.8. The number of carbonyl (C=O) groups excluding carboxylic acids is 3. The van der Waals surface area contributed by atoms with Crippen LogP contribution in [0.5, 0.6) is 17.2 Å². The van der Waals surface area contributed by atoms with Crippen molar-refractivity contribution in [3.63, 3.8) is 0 Å². The molecule has 258 valence electrons. The first-order valence-electron chi connectivity index (χ1n) is 16.3. The number of carbonyl (C=O) groups is 3. The van der Waals surface area contributed by atoms with Gasteiger partial charge in [-0.3, -0.25) is 14.4 Å². The Balaban J connectivity index is 1.29. The zero-order chi connectivity index (χ0) is 34.9. The summed E-state index contributed by atoms with van der Waals surface area (Å²) in [6.07, 6.45) is 7.28. The highest BCUT2D eigenvalue weighted by Crippen LogP contribution is 2.32. The highest BCUT2D eigenvalue weighted by molar-refractivity contribution is 5.97. The predicted octanol–water partition coefficient (Wildman–Crippen LogP) is 3.52. The molecule has 3 aromatic carbocycles. The number of rotatable bonds is 6. The molecular formula is C37H39N7O6. The van der Waals surface area contributed by atoms with Crippen molar-refractivity contribution in [1.82, 2.24) is 34.9 Å². The fourth-order valence-corrected chi connectivity index (χ4v) is 5.83. The van der Waals surface area contributed by atoms with Crippen LogP contribution < -0.4 is 24.8 Å². The average Bonchev–Trinajstić information content (AvgIpc) is 3.83. The third-order valence-corrected chi connectivity index (χ3v) is 8.34. The lowest BCUT2D eigenvalue weighted by molar-refractivity contribution is -0.129. The molecule has 1 atom stereocenters. The van der Waals surface area contributed by atoms with E-state index in [2.05, 4.69) is 20.7 Å². The lowest BCUT2D eigenvalue weighted by atomic mass is 10.1. The molecule has 1 aliphatic heterocycles. The van der Waals surface area contributed by atoms with Gasteiger partial charge in [-0.1, -0.05) is 42.5 Å². The van der Waals surface area contributed by atoms with E-state index in [4.69, 9.17) is 14.2 Å². The van der Waals surface area contributed by atoms with Gasteiger partial charge in [-0.15, -0.1) is 0 Å². The number of nitrogens with zero attached hydrogens (tertiary/aromatic N) is 5. The zero-order valence-electron chi connectivity index (χ0n) is 28.0. The average molecular weight is 678 g/mol. The van der Waals surface area contributed by atoms with Crippen LogP contribution in [0, 0.1) is 0 Å². The minimum absolute atomic E-state index is 0.189. The first-order valence-corrected chi connectivity index (χ1v) is 16.3. The van der Waals surface area contributed by atoms with Crippen LogP contribution in [0.4, 0.5) is 0 Å². The van der Waals surface area contributed by atoms with Crippen molar-refractivity contribution in [1.29, 1.82) is 0 Å². The Morgan fingerprint density at radius 3 is 2.60 bits per heavy atom. The van der Waals surface area contributed by atoms with Crippen LogP contribution in [0.1, 0.15) is 22.3 Å². The molecule has 0 saturated heterocycles. The van der Waals surface area contributed by atoms with Crippen molar-refractivity contribution < 1.29 is 28.6 Å². The van der Waals surface area contributed by atoms with Crippen molar-refractivity contribution in [2.75, 3.05) is 40.5 Å². The monoisotopic (exact) mass is 677 g/mol. The summed E-state index contributed by atoms with van der Waals surface area (Å²) in [4.78, 5) is 47.1. The third-order valence-electron chi connectivity index (χ3n) is 8.34. The molecule has 3 heterocycles. The minimum atomic E-state index is -0.872. The van der Waals surface area contributed by atoms with Crippen molar-refractivity contribution in [2.24, 2.45) is 0 Å². The van der Waals surface area contributed by atoms with Gasteiger partial charge < -0.3 is 34.3 Å². The molecule has 2 bridgehead atoms. The van der Waals surface area contributed by atoms with Gasteiger partial charge in [0.1, 0.15) is 23.3 Å². The molecule has 50 heavy (non-hydrogen) atoms. The van der Waals surface area contributed by atoms with Crippen molar-refractivity contribution in [3.8, 4) is 34.3 Å². The summed E-state index contributed by atoms with van der Waals surface area (Å²) >= 11 is 0. The molecule has 0 fully saturated rings. The number of hydrogen-bond acceptors (Lipinski definition) is 8. The van der Waals surface area contributed by atoms with E-state index in [1.165, 1.54) is 11.1 Å². The molecule has 13 heteroatoms. The number of amides is 3. The molecule has 13 nitrogen and oxygen atoms in total. The van der Waals surface area contributed by atoms with Crippen LogP contribution in [0.3, 0.4) is 0 Å². The van der Waals surface area contributed by atoms with Gasteiger partial charge >= 0.3 is 0 Å². The molecule has 2 aromatic heterocycles. The molecule has 5 aromatic rings. The van der Waals surface area contributed by atoms with E-state index < -0.39 is 17.9 Å². The number of aromatic nitrogens is 4. The second-order valence-corrected chi connectivity index (χ2v) is 11.7. The van der Waals surface area contributed by atoms with Crippen LogP contribution in [-0.4, -0.2) is 88.5 Å². The number of nitrogens with one attached hydrogen (secondary N) is 2. The topological polar surface area (TPSA) is 142 Å². The van der Waals surface area contributed by atoms with Gasteiger partial charge in [-0.2, -0.15) is 5.10 Å². The first-order chi connectivity index (χ1) is 24.4. The molecule has 0 spiro atoms. The molecule has 3 amide bonds.